The maximum absolute atomic E-state index is 13.3. The van der Waals surface area contributed by atoms with E-state index in [1.54, 1.807) is 12.1 Å². The number of hydrogen-bond donors (Lipinski definition) is 0. The van der Waals surface area contributed by atoms with Crippen LogP contribution in [0.2, 0.25) is 0 Å². The SMILES string of the molecule is CC(C)N(CC1CC1)c1ccc(CCl)cc1C(F)(F)F. The van der Waals surface area contributed by atoms with Crippen LogP contribution in [0.3, 0.4) is 0 Å². The molecule has 1 fully saturated rings. The van der Waals surface area contributed by atoms with Gasteiger partial charge in [0.05, 0.1) is 5.56 Å². The summed E-state index contributed by atoms with van der Waals surface area (Å²) in [5.74, 6) is 0.624. The lowest BCUT2D eigenvalue weighted by Gasteiger charge is -2.31. The quantitative estimate of drug-likeness (QED) is 0.687. The van der Waals surface area contributed by atoms with Gasteiger partial charge in [0.1, 0.15) is 0 Å². The average molecular weight is 306 g/mol. The topological polar surface area (TPSA) is 3.24 Å². The van der Waals surface area contributed by atoms with Crippen LogP contribution < -0.4 is 4.90 Å². The van der Waals surface area contributed by atoms with E-state index in [1.807, 2.05) is 18.7 Å². The van der Waals surface area contributed by atoms with Crippen LogP contribution in [0, 0.1) is 5.92 Å². The van der Waals surface area contributed by atoms with E-state index in [4.69, 9.17) is 11.6 Å². The Morgan fingerprint density at radius 3 is 2.40 bits per heavy atom. The smallest absolute Gasteiger partial charge is 0.368 e. The number of anilines is 1. The van der Waals surface area contributed by atoms with Gasteiger partial charge in [-0.05, 0) is 50.3 Å². The monoisotopic (exact) mass is 305 g/mol. The molecule has 1 saturated carbocycles. The molecule has 0 spiro atoms. The molecule has 0 unspecified atom stereocenters. The first-order chi connectivity index (χ1) is 9.32. The number of nitrogens with zero attached hydrogens (tertiary/aromatic N) is 1. The third-order valence-electron chi connectivity index (χ3n) is 3.61. The minimum absolute atomic E-state index is 0.0403. The van der Waals surface area contributed by atoms with Gasteiger partial charge < -0.3 is 4.90 Å². The van der Waals surface area contributed by atoms with Crippen molar-refractivity contribution in [2.45, 2.75) is 44.8 Å². The summed E-state index contributed by atoms with van der Waals surface area (Å²) < 4.78 is 39.8. The molecule has 0 amide bonds. The summed E-state index contributed by atoms with van der Waals surface area (Å²) >= 11 is 5.66. The summed E-state index contributed by atoms with van der Waals surface area (Å²) in [7, 11) is 0. The van der Waals surface area contributed by atoms with E-state index >= 15 is 0 Å². The third-order valence-corrected chi connectivity index (χ3v) is 3.91. The fourth-order valence-corrected chi connectivity index (χ4v) is 2.48. The molecule has 1 aromatic carbocycles. The molecule has 1 nitrogen and oxygen atoms in total. The summed E-state index contributed by atoms with van der Waals surface area (Å²) in [6.45, 7) is 4.55. The second kappa shape index (κ2) is 5.84. The lowest BCUT2D eigenvalue weighted by molar-refractivity contribution is -0.137. The van der Waals surface area contributed by atoms with E-state index in [1.165, 1.54) is 6.07 Å². The van der Waals surface area contributed by atoms with Crippen LogP contribution in [0.5, 0.6) is 0 Å². The maximum Gasteiger partial charge on any atom is 0.418 e. The molecule has 5 heteroatoms. The minimum atomic E-state index is -4.35. The molecule has 0 aliphatic heterocycles. The number of rotatable bonds is 5. The van der Waals surface area contributed by atoms with Gasteiger partial charge in [-0.1, -0.05) is 6.07 Å². The molecule has 0 aromatic heterocycles. The van der Waals surface area contributed by atoms with Gasteiger partial charge in [0.2, 0.25) is 0 Å². The second-order valence-electron chi connectivity index (χ2n) is 5.67. The van der Waals surface area contributed by atoms with Crippen molar-refractivity contribution in [2.75, 3.05) is 11.4 Å². The molecule has 112 valence electrons. The largest absolute Gasteiger partial charge is 0.418 e. The van der Waals surface area contributed by atoms with Gasteiger partial charge in [-0.25, -0.2) is 0 Å². The van der Waals surface area contributed by atoms with Crippen molar-refractivity contribution < 1.29 is 13.2 Å². The van der Waals surface area contributed by atoms with E-state index < -0.39 is 11.7 Å². The second-order valence-corrected chi connectivity index (χ2v) is 5.94. The zero-order valence-corrected chi connectivity index (χ0v) is 12.4. The van der Waals surface area contributed by atoms with Gasteiger partial charge in [0, 0.05) is 24.2 Å². The van der Waals surface area contributed by atoms with Gasteiger partial charge in [0.15, 0.2) is 0 Å². The van der Waals surface area contributed by atoms with Gasteiger partial charge in [0.25, 0.3) is 0 Å². The Morgan fingerprint density at radius 2 is 1.95 bits per heavy atom. The van der Waals surface area contributed by atoms with E-state index in [0.29, 0.717) is 18.0 Å². The lowest BCUT2D eigenvalue weighted by Crippen LogP contribution is -2.34. The number of alkyl halides is 4. The summed E-state index contributed by atoms with van der Waals surface area (Å²) in [4.78, 5) is 1.86. The number of benzene rings is 1. The first-order valence-corrected chi connectivity index (χ1v) is 7.39. The Labute approximate surface area is 122 Å². The van der Waals surface area contributed by atoms with Crippen molar-refractivity contribution in [3.05, 3.63) is 29.3 Å². The fourth-order valence-electron chi connectivity index (χ4n) is 2.31. The van der Waals surface area contributed by atoms with Crippen LogP contribution >= 0.6 is 11.6 Å². The molecule has 1 aromatic rings. The average Bonchev–Trinajstić information content (AvgIpc) is 3.18. The zero-order chi connectivity index (χ0) is 14.9. The Kier molecular flexibility index (Phi) is 4.52. The Hall–Kier alpha value is -0.900. The highest BCUT2D eigenvalue weighted by Gasteiger charge is 2.36. The normalized spacial score (nSPS) is 15.8. The maximum atomic E-state index is 13.3. The van der Waals surface area contributed by atoms with Crippen LogP contribution in [0.1, 0.15) is 37.8 Å². The van der Waals surface area contributed by atoms with Gasteiger partial charge in [-0.3, -0.25) is 0 Å². The molecule has 0 radical (unpaired) electrons. The Bertz CT molecular complexity index is 467. The summed E-state index contributed by atoms with van der Waals surface area (Å²) in [6.07, 6.45) is -2.12. The van der Waals surface area contributed by atoms with Gasteiger partial charge in [-0.15, -0.1) is 11.6 Å². The van der Waals surface area contributed by atoms with Gasteiger partial charge >= 0.3 is 6.18 Å². The van der Waals surface area contributed by atoms with Crippen molar-refractivity contribution in [3.8, 4) is 0 Å². The molecular weight excluding hydrogens is 287 g/mol. The van der Waals surface area contributed by atoms with Crippen molar-refractivity contribution in [3.63, 3.8) is 0 Å². The first kappa shape index (κ1) is 15.5. The fraction of sp³-hybridized carbons (Fsp3) is 0.600. The molecule has 20 heavy (non-hydrogen) atoms. The van der Waals surface area contributed by atoms with E-state index in [9.17, 15) is 13.2 Å². The molecule has 0 bridgehead atoms. The molecule has 0 N–H and O–H groups in total. The highest BCUT2D eigenvalue weighted by Crippen LogP contribution is 2.40. The van der Waals surface area contributed by atoms with Crippen LogP contribution in [0.25, 0.3) is 0 Å². The van der Waals surface area contributed by atoms with E-state index in [0.717, 1.165) is 12.8 Å². The minimum Gasteiger partial charge on any atom is -0.368 e. The molecule has 0 heterocycles. The molecule has 1 aliphatic carbocycles. The van der Waals surface area contributed by atoms with Crippen molar-refractivity contribution in [1.29, 1.82) is 0 Å². The summed E-state index contributed by atoms with van der Waals surface area (Å²) in [5.41, 5.74) is 0.191. The predicted octanol–water partition coefficient (Wildman–Crippen LogP) is 5.07. The van der Waals surface area contributed by atoms with Crippen molar-refractivity contribution >= 4 is 17.3 Å². The molecule has 1 aliphatic rings. The highest BCUT2D eigenvalue weighted by molar-refractivity contribution is 6.17. The van der Waals surface area contributed by atoms with E-state index in [-0.39, 0.29) is 17.6 Å². The first-order valence-electron chi connectivity index (χ1n) is 6.85. The highest BCUT2D eigenvalue weighted by atomic mass is 35.5. The number of hydrogen-bond acceptors (Lipinski definition) is 1. The van der Waals surface area contributed by atoms with Crippen molar-refractivity contribution in [2.24, 2.45) is 5.92 Å². The summed E-state index contributed by atoms with van der Waals surface area (Å²) in [6, 6.07) is 4.45. The van der Waals surface area contributed by atoms with Crippen LogP contribution in [-0.4, -0.2) is 12.6 Å². The van der Waals surface area contributed by atoms with Crippen molar-refractivity contribution in [1.82, 2.24) is 0 Å². The Morgan fingerprint density at radius 1 is 1.30 bits per heavy atom. The molecule has 2 rings (SSSR count). The summed E-state index contributed by atoms with van der Waals surface area (Å²) in [5, 5.41) is 0. The zero-order valence-electron chi connectivity index (χ0n) is 11.7. The van der Waals surface area contributed by atoms with Crippen LogP contribution in [-0.2, 0) is 12.1 Å². The van der Waals surface area contributed by atoms with Gasteiger partial charge in [-0.2, -0.15) is 13.2 Å². The molecular formula is C15H19ClF3N. The molecule has 0 atom stereocenters. The predicted molar refractivity (Wildman–Crippen MR) is 76.2 cm³/mol. The van der Waals surface area contributed by atoms with Crippen LogP contribution in [0.15, 0.2) is 18.2 Å². The van der Waals surface area contributed by atoms with Crippen LogP contribution in [0.4, 0.5) is 18.9 Å². The lowest BCUT2D eigenvalue weighted by atomic mass is 10.1. The van der Waals surface area contributed by atoms with E-state index in [2.05, 4.69) is 0 Å². The molecule has 0 saturated heterocycles. The Balaban J connectivity index is 2.41. The standard InChI is InChI=1S/C15H19ClF3N/c1-10(2)20(9-11-3-4-11)14-6-5-12(8-16)7-13(14)15(17,18)19/h5-7,10-11H,3-4,8-9H2,1-2H3. The number of halogens is 4. The third kappa shape index (κ3) is 3.60.